The highest BCUT2D eigenvalue weighted by atomic mass is 32.2. The molecular formula is C13H21N3S. The van der Waals surface area contributed by atoms with E-state index < -0.39 is 0 Å². The van der Waals surface area contributed by atoms with E-state index in [2.05, 4.69) is 17.2 Å². The highest BCUT2D eigenvalue weighted by Crippen LogP contribution is 2.26. The van der Waals surface area contributed by atoms with Crippen LogP contribution in [0.4, 0.5) is 5.82 Å². The Morgan fingerprint density at radius 1 is 1.24 bits per heavy atom. The summed E-state index contributed by atoms with van der Waals surface area (Å²) in [7, 11) is 1.96. The molecule has 0 aromatic carbocycles. The van der Waals surface area contributed by atoms with E-state index in [-0.39, 0.29) is 0 Å². The Morgan fingerprint density at radius 3 is 2.82 bits per heavy atom. The molecule has 0 radical (unpaired) electrons. The van der Waals surface area contributed by atoms with Gasteiger partial charge < -0.3 is 5.32 Å². The SMILES string of the molecule is CCCSCc1nc2c(c(NC)n1)CCCC2. The number of aromatic nitrogens is 2. The van der Waals surface area contributed by atoms with Crippen LogP contribution in [0.25, 0.3) is 0 Å². The minimum absolute atomic E-state index is 0.940. The number of nitrogens with one attached hydrogen (secondary N) is 1. The van der Waals surface area contributed by atoms with Gasteiger partial charge in [-0.05, 0) is 37.9 Å². The van der Waals surface area contributed by atoms with Gasteiger partial charge in [0.25, 0.3) is 0 Å². The zero-order valence-corrected chi connectivity index (χ0v) is 11.6. The summed E-state index contributed by atoms with van der Waals surface area (Å²) in [5, 5.41) is 3.23. The Labute approximate surface area is 108 Å². The highest BCUT2D eigenvalue weighted by molar-refractivity contribution is 7.98. The lowest BCUT2D eigenvalue weighted by molar-refractivity contribution is 0.659. The molecule has 1 aliphatic rings. The lowest BCUT2D eigenvalue weighted by Gasteiger charge is -2.18. The van der Waals surface area contributed by atoms with Gasteiger partial charge in [-0.2, -0.15) is 11.8 Å². The van der Waals surface area contributed by atoms with Gasteiger partial charge >= 0.3 is 0 Å². The molecule has 17 heavy (non-hydrogen) atoms. The van der Waals surface area contributed by atoms with E-state index in [0.29, 0.717) is 0 Å². The molecule has 0 unspecified atom stereocenters. The van der Waals surface area contributed by atoms with E-state index >= 15 is 0 Å². The van der Waals surface area contributed by atoms with Crippen LogP contribution in [-0.4, -0.2) is 22.8 Å². The Kier molecular flexibility index (Phi) is 4.66. The third-order valence-corrected chi connectivity index (χ3v) is 4.21. The monoisotopic (exact) mass is 251 g/mol. The maximum atomic E-state index is 4.72. The van der Waals surface area contributed by atoms with E-state index in [4.69, 9.17) is 4.98 Å². The Bertz CT molecular complexity index is 362. The second-order valence-electron chi connectivity index (χ2n) is 4.42. The minimum Gasteiger partial charge on any atom is -0.373 e. The second-order valence-corrected chi connectivity index (χ2v) is 5.53. The summed E-state index contributed by atoms with van der Waals surface area (Å²) in [4.78, 5) is 9.36. The Balaban J connectivity index is 2.17. The first-order valence-electron chi connectivity index (χ1n) is 6.49. The first kappa shape index (κ1) is 12.7. The molecule has 1 heterocycles. The van der Waals surface area contributed by atoms with Gasteiger partial charge in [-0.15, -0.1) is 0 Å². The fourth-order valence-electron chi connectivity index (χ4n) is 2.22. The lowest BCUT2D eigenvalue weighted by Crippen LogP contribution is -2.13. The van der Waals surface area contributed by atoms with Crippen molar-refractivity contribution in [3.05, 3.63) is 17.1 Å². The molecule has 0 fully saturated rings. The quantitative estimate of drug-likeness (QED) is 0.816. The Morgan fingerprint density at radius 2 is 2.06 bits per heavy atom. The maximum absolute atomic E-state index is 4.72. The van der Waals surface area contributed by atoms with Crippen LogP contribution < -0.4 is 5.32 Å². The van der Waals surface area contributed by atoms with Crippen molar-refractivity contribution in [3.8, 4) is 0 Å². The normalized spacial score (nSPS) is 14.5. The van der Waals surface area contributed by atoms with Gasteiger partial charge in [-0.3, -0.25) is 0 Å². The van der Waals surface area contributed by atoms with Crippen LogP contribution in [0.2, 0.25) is 0 Å². The van der Waals surface area contributed by atoms with Crippen molar-refractivity contribution in [2.24, 2.45) is 0 Å². The predicted molar refractivity (Wildman–Crippen MR) is 74.7 cm³/mol. The third-order valence-electron chi connectivity index (χ3n) is 3.05. The molecule has 0 saturated carbocycles. The topological polar surface area (TPSA) is 37.8 Å². The van der Waals surface area contributed by atoms with Crippen LogP contribution in [0, 0.1) is 0 Å². The van der Waals surface area contributed by atoms with Gasteiger partial charge in [0.1, 0.15) is 11.6 Å². The molecule has 2 rings (SSSR count). The van der Waals surface area contributed by atoms with Crippen molar-refractivity contribution < 1.29 is 0 Å². The fourth-order valence-corrected chi connectivity index (χ4v) is 2.97. The number of fused-ring (bicyclic) bond motifs is 1. The van der Waals surface area contributed by atoms with Crippen LogP contribution in [-0.2, 0) is 18.6 Å². The molecule has 1 aromatic heterocycles. The van der Waals surface area contributed by atoms with Crippen molar-refractivity contribution in [1.29, 1.82) is 0 Å². The summed E-state index contributed by atoms with van der Waals surface area (Å²) in [5.41, 5.74) is 2.63. The van der Waals surface area contributed by atoms with E-state index in [0.717, 1.165) is 30.2 Å². The summed E-state index contributed by atoms with van der Waals surface area (Å²) in [6.07, 6.45) is 6.02. The van der Waals surface area contributed by atoms with Crippen molar-refractivity contribution in [3.63, 3.8) is 0 Å². The number of aryl methyl sites for hydroxylation is 1. The van der Waals surface area contributed by atoms with Crippen LogP contribution in [0.3, 0.4) is 0 Å². The molecule has 1 aromatic rings. The van der Waals surface area contributed by atoms with E-state index in [1.807, 2.05) is 18.8 Å². The van der Waals surface area contributed by atoms with Crippen molar-refractivity contribution in [1.82, 2.24) is 9.97 Å². The number of anilines is 1. The minimum atomic E-state index is 0.940. The fraction of sp³-hybridized carbons (Fsp3) is 0.692. The predicted octanol–water partition coefficient (Wildman–Crippen LogP) is 3.04. The maximum Gasteiger partial charge on any atom is 0.140 e. The number of nitrogens with zero attached hydrogens (tertiary/aromatic N) is 2. The molecule has 94 valence electrons. The number of hydrogen-bond acceptors (Lipinski definition) is 4. The summed E-state index contributed by atoms with van der Waals surface area (Å²) in [6, 6.07) is 0. The smallest absolute Gasteiger partial charge is 0.140 e. The van der Waals surface area contributed by atoms with Gasteiger partial charge in [0.2, 0.25) is 0 Å². The van der Waals surface area contributed by atoms with Gasteiger partial charge in [-0.25, -0.2) is 9.97 Å². The zero-order chi connectivity index (χ0) is 12.1. The number of rotatable bonds is 5. The van der Waals surface area contributed by atoms with Gasteiger partial charge in [0.05, 0.1) is 5.75 Å². The van der Waals surface area contributed by atoms with Crippen LogP contribution >= 0.6 is 11.8 Å². The third kappa shape index (κ3) is 3.12. The average molecular weight is 251 g/mol. The zero-order valence-electron chi connectivity index (χ0n) is 10.8. The average Bonchev–Trinajstić information content (AvgIpc) is 2.38. The molecule has 0 bridgehead atoms. The van der Waals surface area contributed by atoms with E-state index in [1.165, 1.54) is 36.3 Å². The van der Waals surface area contributed by atoms with E-state index in [9.17, 15) is 0 Å². The van der Waals surface area contributed by atoms with Crippen LogP contribution in [0.1, 0.15) is 43.3 Å². The van der Waals surface area contributed by atoms with Crippen molar-refractivity contribution in [2.45, 2.75) is 44.8 Å². The molecule has 0 aliphatic heterocycles. The first-order chi connectivity index (χ1) is 8.35. The van der Waals surface area contributed by atoms with Crippen molar-refractivity contribution in [2.75, 3.05) is 18.1 Å². The molecule has 4 heteroatoms. The molecule has 3 nitrogen and oxygen atoms in total. The summed E-state index contributed by atoms with van der Waals surface area (Å²) >= 11 is 1.92. The van der Waals surface area contributed by atoms with E-state index in [1.54, 1.807) is 0 Å². The molecule has 0 atom stereocenters. The number of thioether (sulfide) groups is 1. The van der Waals surface area contributed by atoms with Crippen LogP contribution in [0.5, 0.6) is 0 Å². The molecule has 1 N–H and O–H groups in total. The molecular weight excluding hydrogens is 230 g/mol. The highest BCUT2D eigenvalue weighted by Gasteiger charge is 2.16. The van der Waals surface area contributed by atoms with Crippen LogP contribution in [0.15, 0.2) is 0 Å². The lowest BCUT2D eigenvalue weighted by atomic mass is 9.96. The van der Waals surface area contributed by atoms with Gasteiger partial charge in [-0.1, -0.05) is 6.92 Å². The van der Waals surface area contributed by atoms with Gasteiger partial charge in [0, 0.05) is 18.3 Å². The second kappa shape index (κ2) is 6.24. The van der Waals surface area contributed by atoms with Crippen molar-refractivity contribution >= 4 is 17.6 Å². The Hall–Kier alpha value is -0.770. The molecule has 1 aliphatic carbocycles. The summed E-state index contributed by atoms with van der Waals surface area (Å²) in [6.45, 7) is 2.21. The number of hydrogen-bond donors (Lipinski definition) is 1. The summed E-state index contributed by atoms with van der Waals surface area (Å²) in [5.74, 6) is 4.18. The first-order valence-corrected chi connectivity index (χ1v) is 7.64. The standard InChI is InChI=1S/C13H21N3S/c1-3-8-17-9-12-15-11-7-5-4-6-10(11)13(14-2)16-12/h3-9H2,1-2H3,(H,14,15,16). The molecule has 0 amide bonds. The summed E-state index contributed by atoms with van der Waals surface area (Å²) < 4.78 is 0. The molecule has 0 spiro atoms. The largest absolute Gasteiger partial charge is 0.373 e. The molecule has 0 saturated heterocycles. The van der Waals surface area contributed by atoms with Gasteiger partial charge in [0.15, 0.2) is 0 Å².